The van der Waals surface area contributed by atoms with Gasteiger partial charge in [-0.3, -0.25) is 10.2 Å². The number of rotatable bonds is 4. The molecule has 1 saturated heterocycles. The van der Waals surface area contributed by atoms with E-state index in [1.54, 1.807) is 0 Å². The maximum absolute atomic E-state index is 13.3. The predicted molar refractivity (Wildman–Crippen MR) is 106 cm³/mol. The van der Waals surface area contributed by atoms with E-state index in [1.807, 2.05) is 24.3 Å². The molecule has 0 saturated carbocycles. The number of Topliss-reactive ketones (excluding diaryl/α,β-unsaturated/α-hetero) is 1. The molecule has 5 nitrogen and oxygen atoms in total. The Balaban J connectivity index is 1.56. The van der Waals surface area contributed by atoms with Gasteiger partial charge >= 0.3 is 0 Å². The lowest BCUT2D eigenvalue weighted by molar-refractivity contribution is -0.117. The number of amidine groups is 1. The second kappa shape index (κ2) is 7.86. The molecule has 0 bridgehead atoms. The number of nitrogen functional groups attached to an aromatic ring is 1. The number of hydrogen-bond acceptors (Lipinski definition) is 4. The van der Waals surface area contributed by atoms with Gasteiger partial charge in [0, 0.05) is 36.1 Å². The Labute approximate surface area is 160 Å². The third kappa shape index (κ3) is 4.22. The molecule has 3 rings (SSSR count). The molecule has 0 aromatic heterocycles. The van der Waals surface area contributed by atoms with Crippen LogP contribution >= 0.6 is 15.9 Å². The van der Waals surface area contributed by atoms with Crippen molar-refractivity contribution in [2.45, 2.75) is 12.8 Å². The minimum Gasteiger partial charge on any atom is -0.399 e. The van der Waals surface area contributed by atoms with E-state index < -0.39 is 0 Å². The van der Waals surface area contributed by atoms with Crippen LogP contribution in [0.5, 0.6) is 0 Å². The fraction of sp³-hybridized carbons (Fsp3) is 0.263. The van der Waals surface area contributed by atoms with E-state index in [9.17, 15) is 9.18 Å². The summed E-state index contributed by atoms with van der Waals surface area (Å²) in [6.07, 6.45) is 1.39. The van der Waals surface area contributed by atoms with Crippen molar-refractivity contribution in [2.75, 3.05) is 29.0 Å². The Morgan fingerprint density at radius 2 is 1.85 bits per heavy atom. The molecule has 0 radical (unpaired) electrons. The normalized spacial score (nSPS) is 14.9. The van der Waals surface area contributed by atoms with Crippen LogP contribution in [0.2, 0.25) is 0 Å². The van der Waals surface area contributed by atoms with Crippen molar-refractivity contribution >= 4 is 44.6 Å². The number of ketones is 1. The molecule has 1 aliphatic rings. The Bertz CT molecular complexity index is 817. The highest BCUT2D eigenvalue weighted by Crippen LogP contribution is 2.25. The van der Waals surface area contributed by atoms with E-state index in [1.165, 1.54) is 18.2 Å². The van der Waals surface area contributed by atoms with E-state index >= 15 is 0 Å². The largest absolute Gasteiger partial charge is 0.399 e. The smallest absolute Gasteiger partial charge is 0.200 e. The van der Waals surface area contributed by atoms with Crippen LogP contribution < -0.4 is 16.0 Å². The van der Waals surface area contributed by atoms with E-state index in [-0.39, 0.29) is 23.4 Å². The minimum absolute atomic E-state index is 0.158. The second-order valence-electron chi connectivity index (χ2n) is 6.35. The van der Waals surface area contributed by atoms with Gasteiger partial charge in [-0.2, -0.15) is 0 Å². The predicted octanol–water partition coefficient (Wildman–Crippen LogP) is 4.05. The molecule has 0 amide bonds. The summed E-state index contributed by atoms with van der Waals surface area (Å²) in [5.74, 6) is -0.927. The van der Waals surface area contributed by atoms with Crippen LogP contribution in [0.3, 0.4) is 0 Å². The highest BCUT2D eigenvalue weighted by Gasteiger charge is 2.27. The summed E-state index contributed by atoms with van der Waals surface area (Å²) in [5.41, 5.74) is 8.04. The molecule has 4 N–H and O–H groups in total. The fourth-order valence-corrected chi connectivity index (χ4v) is 3.45. The van der Waals surface area contributed by atoms with Crippen LogP contribution in [-0.2, 0) is 4.79 Å². The van der Waals surface area contributed by atoms with E-state index in [4.69, 9.17) is 11.1 Å². The maximum Gasteiger partial charge on any atom is 0.200 e. The van der Waals surface area contributed by atoms with Gasteiger partial charge in [0.25, 0.3) is 0 Å². The molecule has 2 aromatic carbocycles. The van der Waals surface area contributed by atoms with Gasteiger partial charge < -0.3 is 16.0 Å². The first-order valence-corrected chi connectivity index (χ1v) is 9.18. The lowest BCUT2D eigenvalue weighted by atomic mass is 9.91. The van der Waals surface area contributed by atoms with E-state index in [2.05, 4.69) is 26.1 Å². The highest BCUT2D eigenvalue weighted by molar-refractivity contribution is 9.10. The fourth-order valence-electron chi connectivity index (χ4n) is 3.07. The zero-order chi connectivity index (χ0) is 18.7. The number of carbonyl (C=O) groups is 1. The van der Waals surface area contributed by atoms with Crippen LogP contribution in [0.4, 0.5) is 21.5 Å². The van der Waals surface area contributed by atoms with Gasteiger partial charge in [0.05, 0.1) is 4.47 Å². The van der Waals surface area contributed by atoms with Crippen molar-refractivity contribution in [3.05, 3.63) is 52.8 Å². The van der Waals surface area contributed by atoms with Crippen molar-refractivity contribution in [2.24, 2.45) is 5.92 Å². The second-order valence-corrected chi connectivity index (χ2v) is 7.20. The van der Waals surface area contributed by atoms with E-state index in [0.29, 0.717) is 23.0 Å². The molecular formula is C19H20BrFN4O. The Kier molecular flexibility index (Phi) is 5.56. The van der Waals surface area contributed by atoms with Gasteiger partial charge in [-0.25, -0.2) is 4.39 Å². The van der Waals surface area contributed by atoms with Crippen molar-refractivity contribution < 1.29 is 9.18 Å². The summed E-state index contributed by atoms with van der Waals surface area (Å²) in [5, 5.41) is 10.8. The standard InChI is InChI=1S/C19H20BrFN4O/c20-16-11-14(3-6-17(16)21)24-19(23)18(26)12-7-9-25(10-8-12)15-4-1-13(22)2-5-15/h1-6,11-12H,7-10,22H2,(H2,23,24). The number of halogens is 2. The number of nitrogens with two attached hydrogens (primary N) is 1. The first-order valence-electron chi connectivity index (χ1n) is 8.39. The van der Waals surface area contributed by atoms with Crippen molar-refractivity contribution in [3.63, 3.8) is 0 Å². The molecule has 1 fully saturated rings. The first kappa shape index (κ1) is 18.4. The van der Waals surface area contributed by atoms with Crippen molar-refractivity contribution in [3.8, 4) is 0 Å². The molecule has 0 unspecified atom stereocenters. The minimum atomic E-state index is -0.386. The molecule has 1 heterocycles. The summed E-state index contributed by atoms with van der Waals surface area (Å²) in [4.78, 5) is 14.8. The van der Waals surface area contributed by atoms with Crippen molar-refractivity contribution in [1.82, 2.24) is 0 Å². The topological polar surface area (TPSA) is 82.2 Å². The summed E-state index contributed by atoms with van der Waals surface area (Å²) >= 11 is 3.10. The number of nitrogens with one attached hydrogen (secondary N) is 2. The molecule has 2 aromatic rings. The number of piperidine rings is 1. The number of hydrogen-bond donors (Lipinski definition) is 3. The summed E-state index contributed by atoms with van der Waals surface area (Å²) < 4.78 is 13.6. The van der Waals surface area contributed by atoms with Crippen molar-refractivity contribution in [1.29, 1.82) is 5.41 Å². The molecule has 7 heteroatoms. The van der Waals surface area contributed by atoms with Gasteiger partial charge in [-0.1, -0.05) is 0 Å². The number of anilines is 3. The number of benzene rings is 2. The Morgan fingerprint density at radius 1 is 1.19 bits per heavy atom. The lowest BCUT2D eigenvalue weighted by Gasteiger charge is -2.33. The zero-order valence-electron chi connectivity index (χ0n) is 14.1. The Morgan fingerprint density at radius 3 is 2.46 bits per heavy atom. The van der Waals surface area contributed by atoms with Crippen LogP contribution in [0.25, 0.3) is 0 Å². The third-order valence-corrected chi connectivity index (χ3v) is 5.17. The van der Waals surface area contributed by atoms with Gasteiger partial charge in [0.1, 0.15) is 5.82 Å². The van der Waals surface area contributed by atoms with Crippen LogP contribution in [0, 0.1) is 17.1 Å². The van der Waals surface area contributed by atoms with Gasteiger partial charge in [0.15, 0.2) is 5.84 Å². The summed E-state index contributed by atoms with van der Waals surface area (Å²) in [6, 6.07) is 12.0. The molecule has 136 valence electrons. The van der Waals surface area contributed by atoms with Crippen LogP contribution in [-0.4, -0.2) is 24.7 Å². The number of carbonyl (C=O) groups excluding carboxylic acids is 1. The molecule has 1 aliphatic heterocycles. The third-order valence-electron chi connectivity index (χ3n) is 4.56. The molecular weight excluding hydrogens is 399 g/mol. The molecule has 0 spiro atoms. The monoisotopic (exact) mass is 418 g/mol. The summed E-state index contributed by atoms with van der Waals surface area (Å²) in [6.45, 7) is 1.52. The average Bonchev–Trinajstić information content (AvgIpc) is 2.65. The quantitative estimate of drug-likeness (QED) is 0.397. The van der Waals surface area contributed by atoms with Gasteiger partial charge in [-0.05, 0) is 71.2 Å². The molecule has 0 atom stereocenters. The Hall–Kier alpha value is -2.41. The molecule has 0 aliphatic carbocycles. The SMILES string of the molecule is N=C(Nc1ccc(F)c(Br)c1)C(=O)C1CCN(c2ccc(N)cc2)CC1. The average molecular weight is 419 g/mol. The van der Waals surface area contributed by atoms with Crippen LogP contribution in [0.15, 0.2) is 46.9 Å². The lowest BCUT2D eigenvalue weighted by Crippen LogP contribution is -2.39. The maximum atomic E-state index is 13.3. The summed E-state index contributed by atoms with van der Waals surface area (Å²) in [7, 11) is 0. The first-order chi connectivity index (χ1) is 12.4. The van der Waals surface area contributed by atoms with E-state index in [0.717, 1.165) is 24.5 Å². The van der Waals surface area contributed by atoms with Crippen LogP contribution in [0.1, 0.15) is 12.8 Å². The number of nitrogens with zero attached hydrogens (tertiary/aromatic N) is 1. The molecule has 26 heavy (non-hydrogen) atoms. The van der Waals surface area contributed by atoms with Gasteiger partial charge in [0.2, 0.25) is 5.78 Å². The zero-order valence-corrected chi connectivity index (χ0v) is 15.7. The highest BCUT2D eigenvalue weighted by atomic mass is 79.9. The van der Waals surface area contributed by atoms with Gasteiger partial charge in [-0.15, -0.1) is 0 Å².